The van der Waals surface area contributed by atoms with Gasteiger partial charge in [0.05, 0.1) is 23.4 Å². The van der Waals surface area contributed by atoms with Gasteiger partial charge in [-0.05, 0) is 52.9 Å². The number of carbonyl (C=O) groups excluding carboxylic acids is 2. The smallest absolute Gasteiger partial charge is 0.261 e. The summed E-state index contributed by atoms with van der Waals surface area (Å²) in [6.07, 6.45) is 4.06. The maximum atomic E-state index is 13.7. The summed E-state index contributed by atoms with van der Waals surface area (Å²) in [5.74, 6) is -0.456. The lowest BCUT2D eigenvalue weighted by Crippen LogP contribution is -2.46. The minimum absolute atomic E-state index is 0.228. The van der Waals surface area contributed by atoms with Gasteiger partial charge in [-0.15, -0.1) is 17.9 Å². The lowest BCUT2D eigenvalue weighted by Gasteiger charge is -2.31. The molecule has 0 atom stereocenters. The molecule has 0 N–H and O–H groups in total. The van der Waals surface area contributed by atoms with Gasteiger partial charge in [0.15, 0.2) is 0 Å². The number of para-hydroxylation sites is 1. The molecule has 6 aromatic rings. The van der Waals surface area contributed by atoms with E-state index in [-0.39, 0.29) is 11.8 Å². The first-order valence-corrected chi connectivity index (χ1v) is 15.7. The summed E-state index contributed by atoms with van der Waals surface area (Å²) in [5.41, 5.74) is 6.34. The van der Waals surface area contributed by atoms with E-state index in [1.165, 1.54) is 4.90 Å². The molecule has 2 amide bonds. The predicted molar refractivity (Wildman–Crippen MR) is 176 cm³/mol. The molecule has 4 aromatic carbocycles. The number of benzene rings is 4. The van der Waals surface area contributed by atoms with Gasteiger partial charge in [0.1, 0.15) is 5.01 Å². The number of allylic oxidation sites excluding steroid dienone is 1. The zero-order valence-corrected chi connectivity index (χ0v) is 25.0. The quantitative estimate of drug-likeness (QED) is 0.149. The van der Waals surface area contributed by atoms with Gasteiger partial charge in [-0.3, -0.25) is 19.4 Å². The molecular formula is C36H30N4O3S. The second-order valence-corrected chi connectivity index (χ2v) is 12.3. The van der Waals surface area contributed by atoms with Gasteiger partial charge in [-0.1, -0.05) is 42.5 Å². The molecule has 7 nitrogen and oxygen atoms in total. The number of aromatic nitrogens is 2. The zero-order valence-electron chi connectivity index (χ0n) is 24.2. The number of thiazole rings is 1. The molecule has 0 spiro atoms. The van der Waals surface area contributed by atoms with Crippen molar-refractivity contribution in [1.29, 1.82) is 0 Å². The van der Waals surface area contributed by atoms with Crippen LogP contribution in [0.5, 0.6) is 0 Å². The van der Waals surface area contributed by atoms with Crippen LogP contribution >= 0.6 is 11.3 Å². The minimum atomic E-state index is -0.228. The van der Waals surface area contributed by atoms with Crippen LogP contribution in [0.25, 0.3) is 53.6 Å². The molecule has 0 unspecified atom stereocenters. The number of nitrogens with zero attached hydrogens (tertiary/aromatic N) is 4. The summed E-state index contributed by atoms with van der Waals surface area (Å²) in [4.78, 5) is 36.0. The highest BCUT2D eigenvalue weighted by Gasteiger charge is 2.33. The molecule has 1 saturated heterocycles. The Morgan fingerprint density at radius 3 is 2.45 bits per heavy atom. The third-order valence-corrected chi connectivity index (χ3v) is 9.85. The van der Waals surface area contributed by atoms with E-state index in [1.54, 1.807) is 11.3 Å². The fourth-order valence-corrected chi connectivity index (χ4v) is 7.57. The molecule has 2 aliphatic heterocycles. The van der Waals surface area contributed by atoms with Crippen LogP contribution in [0.1, 0.15) is 20.7 Å². The molecule has 0 radical (unpaired) electrons. The molecular weight excluding hydrogens is 568 g/mol. The van der Waals surface area contributed by atoms with Crippen molar-refractivity contribution in [3.05, 3.63) is 103 Å². The van der Waals surface area contributed by atoms with E-state index >= 15 is 0 Å². The number of fused-ring (bicyclic) bond motifs is 2. The van der Waals surface area contributed by atoms with Crippen molar-refractivity contribution in [3.8, 4) is 21.7 Å². The van der Waals surface area contributed by atoms with Gasteiger partial charge in [0, 0.05) is 71.9 Å². The van der Waals surface area contributed by atoms with Crippen LogP contribution in [0, 0.1) is 0 Å². The van der Waals surface area contributed by atoms with Crippen molar-refractivity contribution in [2.24, 2.45) is 0 Å². The molecule has 8 rings (SSSR count). The van der Waals surface area contributed by atoms with Crippen molar-refractivity contribution in [3.63, 3.8) is 0 Å². The topological polar surface area (TPSA) is 67.7 Å². The maximum absolute atomic E-state index is 13.7. The van der Waals surface area contributed by atoms with E-state index in [4.69, 9.17) is 9.72 Å². The standard InChI is InChI=1S/C36H30N4O3S/c1-2-14-39-22-29(34-37-30-8-3-4-9-32(30)44-34)28-21-23(10-13-31(28)39)24-11-12-27-33-25(24)6-5-7-26(33)35(41)40(36(27)42)16-15-38-17-19-43-20-18-38/h2-13,21-22H,1,14-20H2. The number of amides is 2. The molecule has 0 saturated carbocycles. The Hall–Kier alpha value is -4.63. The van der Waals surface area contributed by atoms with Crippen molar-refractivity contribution in [2.45, 2.75) is 6.54 Å². The highest BCUT2D eigenvalue weighted by Crippen LogP contribution is 2.40. The summed E-state index contributed by atoms with van der Waals surface area (Å²) in [7, 11) is 0. The highest BCUT2D eigenvalue weighted by molar-refractivity contribution is 7.21. The summed E-state index contributed by atoms with van der Waals surface area (Å²) in [5, 5.41) is 3.71. The lowest BCUT2D eigenvalue weighted by molar-refractivity contribution is 0.0316. The molecule has 44 heavy (non-hydrogen) atoms. The average Bonchev–Trinajstić information content (AvgIpc) is 3.65. The molecule has 218 valence electrons. The minimum Gasteiger partial charge on any atom is -0.379 e. The number of carbonyl (C=O) groups is 2. The molecule has 2 aromatic heterocycles. The van der Waals surface area contributed by atoms with Crippen LogP contribution in [-0.2, 0) is 11.3 Å². The average molecular weight is 599 g/mol. The van der Waals surface area contributed by atoms with E-state index in [2.05, 4.69) is 46.5 Å². The Balaban J connectivity index is 1.22. The SMILES string of the molecule is C=CCn1cc(-c2nc3ccccc3s2)c2cc(-c3ccc4c5c(cccc35)C(=O)N(CCN3CCOCC3)C4=O)ccc21. The number of rotatable bonds is 7. The Morgan fingerprint density at radius 1 is 0.841 bits per heavy atom. The Kier molecular flexibility index (Phi) is 6.63. The monoisotopic (exact) mass is 598 g/mol. The predicted octanol–water partition coefficient (Wildman–Crippen LogP) is 6.85. The van der Waals surface area contributed by atoms with E-state index < -0.39 is 0 Å². The Morgan fingerprint density at radius 2 is 1.64 bits per heavy atom. The highest BCUT2D eigenvalue weighted by atomic mass is 32.1. The van der Waals surface area contributed by atoms with Crippen molar-refractivity contribution in [1.82, 2.24) is 19.4 Å². The first kappa shape index (κ1) is 27.0. The first-order valence-electron chi connectivity index (χ1n) is 14.9. The number of imide groups is 1. The van der Waals surface area contributed by atoms with Gasteiger partial charge < -0.3 is 9.30 Å². The summed E-state index contributed by atoms with van der Waals surface area (Å²) in [6, 6.07) is 24.4. The van der Waals surface area contributed by atoms with Crippen LogP contribution < -0.4 is 0 Å². The van der Waals surface area contributed by atoms with Gasteiger partial charge >= 0.3 is 0 Å². The number of morpholine rings is 1. The van der Waals surface area contributed by atoms with Crippen LogP contribution in [0.15, 0.2) is 91.6 Å². The molecule has 0 bridgehead atoms. The number of ether oxygens (including phenoxy) is 1. The first-order chi connectivity index (χ1) is 21.6. The fourth-order valence-electron chi connectivity index (χ4n) is 6.58. The number of hydrogen-bond acceptors (Lipinski definition) is 6. The van der Waals surface area contributed by atoms with Crippen molar-refractivity contribution >= 4 is 55.0 Å². The summed E-state index contributed by atoms with van der Waals surface area (Å²) >= 11 is 1.69. The third kappa shape index (κ3) is 4.37. The number of hydrogen-bond donors (Lipinski definition) is 0. The molecule has 8 heteroatoms. The molecule has 1 fully saturated rings. The Labute approximate surface area is 258 Å². The van der Waals surface area contributed by atoms with Crippen molar-refractivity contribution in [2.75, 3.05) is 39.4 Å². The van der Waals surface area contributed by atoms with Crippen LogP contribution in [0.2, 0.25) is 0 Å². The molecule has 0 aliphatic carbocycles. The van der Waals surface area contributed by atoms with Crippen molar-refractivity contribution < 1.29 is 14.3 Å². The van der Waals surface area contributed by atoms with Gasteiger partial charge in [-0.2, -0.15) is 0 Å². The largest absolute Gasteiger partial charge is 0.379 e. The Bertz CT molecular complexity index is 2070. The maximum Gasteiger partial charge on any atom is 0.261 e. The van der Waals surface area contributed by atoms with E-state index in [1.807, 2.05) is 54.6 Å². The second-order valence-electron chi connectivity index (χ2n) is 11.3. The van der Waals surface area contributed by atoms with E-state index in [9.17, 15) is 9.59 Å². The van der Waals surface area contributed by atoms with Gasteiger partial charge in [-0.25, -0.2) is 4.98 Å². The van der Waals surface area contributed by atoms with Gasteiger partial charge in [0.2, 0.25) is 0 Å². The van der Waals surface area contributed by atoms with Gasteiger partial charge in [0.25, 0.3) is 11.8 Å². The van der Waals surface area contributed by atoms with Crippen LogP contribution in [0.3, 0.4) is 0 Å². The third-order valence-electron chi connectivity index (χ3n) is 8.78. The molecule has 2 aliphatic rings. The van der Waals surface area contributed by atoms with E-state index in [0.29, 0.717) is 44.0 Å². The lowest BCUT2D eigenvalue weighted by atomic mass is 9.88. The normalized spacial score (nSPS) is 15.6. The van der Waals surface area contributed by atoms with Crippen LogP contribution in [-0.4, -0.2) is 70.6 Å². The summed E-state index contributed by atoms with van der Waals surface area (Å²) < 4.78 is 8.80. The second kappa shape index (κ2) is 10.8. The fraction of sp³-hybridized carbons (Fsp3) is 0.194. The van der Waals surface area contributed by atoms with E-state index in [0.717, 1.165) is 66.7 Å². The molecule has 4 heterocycles. The van der Waals surface area contributed by atoms with Crippen LogP contribution in [0.4, 0.5) is 0 Å². The zero-order chi connectivity index (χ0) is 29.8. The summed E-state index contributed by atoms with van der Waals surface area (Å²) in [6.45, 7) is 8.65.